The summed E-state index contributed by atoms with van der Waals surface area (Å²) in [6, 6.07) is 15.2. The molecule has 1 unspecified atom stereocenters. The van der Waals surface area contributed by atoms with Gasteiger partial charge in [-0.25, -0.2) is 4.79 Å². The van der Waals surface area contributed by atoms with E-state index >= 15 is 0 Å². The Morgan fingerprint density at radius 1 is 1.13 bits per heavy atom. The van der Waals surface area contributed by atoms with Crippen LogP contribution in [0.15, 0.2) is 54.6 Å². The lowest BCUT2D eigenvalue weighted by atomic mass is 10.0. The fraction of sp³-hybridized carbons (Fsp3) is 0.235. The Hall–Kier alpha value is -2.08. The lowest BCUT2D eigenvalue weighted by molar-refractivity contribution is -0.239. The average molecular weight is 334 g/mol. The maximum Gasteiger partial charge on any atom is 0.382 e. The summed E-state index contributed by atoms with van der Waals surface area (Å²) >= 11 is 5.87. The fourth-order valence-electron chi connectivity index (χ4n) is 2.27. The molecule has 0 amide bonds. The summed E-state index contributed by atoms with van der Waals surface area (Å²) in [6.45, 7) is 1.18. The zero-order valence-electron chi connectivity index (χ0n) is 12.2. The minimum Gasteiger partial charge on any atom is -0.476 e. The maximum absolute atomic E-state index is 12.1. The van der Waals surface area contributed by atoms with Gasteiger partial charge in [0.2, 0.25) is 0 Å². The molecule has 23 heavy (non-hydrogen) atoms. The summed E-state index contributed by atoms with van der Waals surface area (Å²) in [5.74, 6) is -2.74. The Kier molecular flexibility index (Phi) is 4.52. The number of carboxylic acid groups (broad SMARTS) is 1. The number of benzene rings is 2. The minimum atomic E-state index is -1.90. The first-order valence-corrected chi connectivity index (χ1v) is 7.60. The number of rotatable bonds is 6. The van der Waals surface area contributed by atoms with Gasteiger partial charge < -0.3 is 19.9 Å². The fourth-order valence-corrected chi connectivity index (χ4v) is 2.40. The second-order valence-corrected chi connectivity index (χ2v) is 5.68. The number of ether oxygens (including phenoxy) is 2. The normalized spacial score (nSPS) is 17.1. The topological polar surface area (TPSA) is 67.8 Å². The Balaban J connectivity index is 1.99. The lowest BCUT2D eigenvalue weighted by Crippen LogP contribution is -2.56. The average Bonchev–Trinajstić information content (AvgIpc) is 2.52. The van der Waals surface area contributed by atoms with E-state index in [1.54, 1.807) is 48.5 Å². The quantitative estimate of drug-likeness (QED) is 0.795. The Morgan fingerprint density at radius 2 is 1.78 bits per heavy atom. The van der Waals surface area contributed by atoms with Gasteiger partial charge in [-0.05, 0) is 24.3 Å². The van der Waals surface area contributed by atoms with Crippen LogP contribution in [0.3, 0.4) is 0 Å². The number of carboxylic acids is 1. The lowest BCUT2D eigenvalue weighted by Gasteiger charge is -2.37. The van der Waals surface area contributed by atoms with Crippen LogP contribution in [-0.4, -0.2) is 30.3 Å². The molecule has 3 rings (SSSR count). The molecule has 2 aromatic carbocycles. The summed E-state index contributed by atoms with van der Waals surface area (Å²) in [7, 11) is 0. The number of halogens is 1. The molecule has 1 heterocycles. The molecule has 5 nitrogen and oxygen atoms in total. The van der Waals surface area contributed by atoms with Crippen LogP contribution < -0.4 is 10.1 Å². The highest BCUT2D eigenvalue weighted by atomic mass is 35.5. The van der Waals surface area contributed by atoms with Crippen LogP contribution in [0, 0.1) is 0 Å². The third-order valence-corrected chi connectivity index (χ3v) is 3.84. The van der Waals surface area contributed by atoms with Gasteiger partial charge in [0.15, 0.2) is 0 Å². The Morgan fingerprint density at radius 3 is 2.30 bits per heavy atom. The highest BCUT2D eigenvalue weighted by molar-refractivity contribution is 6.30. The molecule has 1 atom stereocenters. The van der Waals surface area contributed by atoms with Crippen molar-refractivity contribution in [3.05, 3.63) is 65.2 Å². The van der Waals surface area contributed by atoms with Crippen molar-refractivity contribution in [3.8, 4) is 5.75 Å². The van der Waals surface area contributed by atoms with Crippen LogP contribution in [0.4, 0.5) is 0 Å². The van der Waals surface area contributed by atoms with E-state index in [1.807, 2.05) is 6.07 Å². The molecular weight excluding hydrogens is 318 g/mol. The van der Waals surface area contributed by atoms with E-state index in [9.17, 15) is 9.90 Å². The van der Waals surface area contributed by atoms with Crippen LogP contribution in [0.2, 0.25) is 5.02 Å². The largest absolute Gasteiger partial charge is 0.476 e. The van der Waals surface area contributed by atoms with Gasteiger partial charge in [-0.3, -0.25) is 0 Å². The third kappa shape index (κ3) is 3.32. The van der Waals surface area contributed by atoms with E-state index in [0.29, 0.717) is 29.4 Å². The second kappa shape index (κ2) is 6.58. The molecule has 0 aromatic heterocycles. The molecule has 2 N–H and O–H groups in total. The van der Waals surface area contributed by atoms with Crippen molar-refractivity contribution in [2.45, 2.75) is 11.9 Å². The molecule has 1 aliphatic rings. The number of aliphatic carboxylic acids is 1. The summed E-state index contributed by atoms with van der Waals surface area (Å²) < 4.78 is 11.6. The van der Waals surface area contributed by atoms with Gasteiger partial charge >= 0.3 is 11.8 Å². The van der Waals surface area contributed by atoms with E-state index in [0.717, 1.165) is 0 Å². The molecule has 0 radical (unpaired) electrons. The monoisotopic (exact) mass is 333 g/mol. The van der Waals surface area contributed by atoms with Gasteiger partial charge in [0, 0.05) is 23.7 Å². The Bertz CT molecular complexity index is 673. The molecule has 1 saturated heterocycles. The number of nitrogens with one attached hydrogen (secondary N) is 1. The van der Waals surface area contributed by atoms with Crippen molar-refractivity contribution in [2.24, 2.45) is 0 Å². The summed E-state index contributed by atoms with van der Waals surface area (Å²) in [5, 5.41) is 13.5. The first-order valence-electron chi connectivity index (χ1n) is 7.22. The van der Waals surface area contributed by atoms with E-state index in [-0.39, 0.29) is 6.10 Å². The third-order valence-electron chi connectivity index (χ3n) is 3.59. The van der Waals surface area contributed by atoms with Gasteiger partial charge in [-0.15, -0.1) is 0 Å². The second-order valence-electron chi connectivity index (χ2n) is 5.24. The van der Waals surface area contributed by atoms with E-state index in [2.05, 4.69) is 5.32 Å². The standard InChI is InChI=1S/C17H16ClNO4/c18-13-6-8-14(9-7-13)22-17(16(20)21,23-15-10-19-11-15)12-4-2-1-3-5-12/h1-9,15,19H,10-11H2,(H,20,21). The van der Waals surface area contributed by atoms with Crippen LogP contribution in [0.25, 0.3) is 0 Å². The summed E-state index contributed by atoms with van der Waals surface area (Å²) in [4.78, 5) is 12.1. The van der Waals surface area contributed by atoms with Crippen molar-refractivity contribution >= 4 is 17.6 Å². The van der Waals surface area contributed by atoms with Gasteiger partial charge in [0.05, 0.1) is 6.10 Å². The summed E-state index contributed by atoms with van der Waals surface area (Å²) in [5.41, 5.74) is 0.425. The van der Waals surface area contributed by atoms with Crippen LogP contribution >= 0.6 is 11.6 Å². The SMILES string of the molecule is O=C(O)C(Oc1ccc(Cl)cc1)(OC1CNC1)c1ccccc1. The maximum atomic E-state index is 12.1. The first-order chi connectivity index (χ1) is 11.1. The number of carbonyl (C=O) groups is 1. The molecule has 6 heteroatoms. The van der Waals surface area contributed by atoms with Gasteiger partial charge in [-0.2, -0.15) is 0 Å². The molecule has 0 saturated carbocycles. The predicted octanol–water partition coefficient (Wildman–Crippen LogP) is 2.64. The van der Waals surface area contributed by atoms with Crippen molar-refractivity contribution < 1.29 is 19.4 Å². The zero-order chi connectivity index (χ0) is 16.3. The Labute approximate surface area is 138 Å². The van der Waals surface area contributed by atoms with Crippen molar-refractivity contribution in [1.29, 1.82) is 0 Å². The molecule has 1 fully saturated rings. The molecule has 0 spiro atoms. The van der Waals surface area contributed by atoms with Gasteiger partial charge in [0.25, 0.3) is 0 Å². The minimum absolute atomic E-state index is 0.224. The zero-order valence-corrected chi connectivity index (χ0v) is 13.0. The van der Waals surface area contributed by atoms with Gasteiger partial charge in [-0.1, -0.05) is 41.9 Å². The van der Waals surface area contributed by atoms with E-state index in [1.165, 1.54) is 0 Å². The highest BCUT2D eigenvalue weighted by Crippen LogP contribution is 2.32. The molecule has 1 aliphatic heterocycles. The van der Waals surface area contributed by atoms with Crippen molar-refractivity contribution in [2.75, 3.05) is 13.1 Å². The van der Waals surface area contributed by atoms with Gasteiger partial charge in [0.1, 0.15) is 5.75 Å². The molecule has 0 bridgehead atoms. The number of hydrogen-bond acceptors (Lipinski definition) is 4. The summed E-state index contributed by atoms with van der Waals surface area (Å²) in [6.07, 6.45) is -0.224. The predicted molar refractivity (Wildman–Crippen MR) is 85.6 cm³/mol. The van der Waals surface area contributed by atoms with Crippen LogP contribution in [0.1, 0.15) is 5.56 Å². The number of hydrogen-bond donors (Lipinski definition) is 2. The molecule has 120 valence electrons. The molecular formula is C17H16ClNO4. The van der Waals surface area contributed by atoms with E-state index in [4.69, 9.17) is 21.1 Å². The van der Waals surface area contributed by atoms with Crippen LogP contribution in [0.5, 0.6) is 5.75 Å². The first kappa shape index (κ1) is 15.8. The van der Waals surface area contributed by atoms with Crippen molar-refractivity contribution in [3.63, 3.8) is 0 Å². The molecule has 0 aliphatic carbocycles. The highest BCUT2D eigenvalue weighted by Gasteiger charge is 2.47. The van der Waals surface area contributed by atoms with E-state index < -0.39 is 11.8 Å². The van der Waals surface area contributed by atoms with Crippen LogP contribution in [-0.2, 0) is 15.3 Å². The smallest absolute Gasteiger partial charge is 0.382 e. The van der Waals surface area contributed by atoms with Crippen molar-refractivity contribution in [1.82, 2.24) is 5.32 Å². The molecule has 2 aromatic rings.